The molecule has 0 amide bonds. The molecule has 1 aliphatic rings. The van der Waals surface area contributed by atoms with E-state index in [0.29, 0.717) is 11.8 Å². The average molecular weight is 342 g/mol. The van der Waals surface area contributed by atoms with Gasteiger partial charge in [-0.2, -0.15) is 0 Å². The fourth-order valence-electron chi connectivity index (χ4n) is 3.27. The Hall–Kier alpha value is -1.61. The van der Waals surface area contributed by atoms with Crippen molar-refractivity contribution in [1.29, 1.82) is 0 Å². The van der Waals surface area contributed by atoms with Crippen LogP contribution >= 0.6 is 0 Å². The third-order valence-corrected chi connectivity index (χ3v) is 4.76. The van der Waals surface area contributed by atoms with Gasteiger partial charge in [-0.1, -0.05) is 52.0 Å². The zero-order valence-electron chi connectivity index (χ0n) is 16.9. The summed E-state index contributed by atoms with van der Waals surface area (Å²) in [6, 6.07) is 6.70. The quantitative estimate of drug-likeness (QED) is 0.717. The van der Waals surface area contributed by atoms with Gasteiger partial charge in [-0.25, -0.2) is 0 Å². The van der Waals surface area contributed by atoms with Crippen molar-refractivity contribution in [2.75, 3.05) is 32.5 Å². The first-order chi connectivity index (χ1) is 11.9. The molecule has 138 valence electrons. The zero-order chi connectivity index (χ0) is 18.4. The summed E-state index contributed by atoms with van der Waals surface area (Å²) in [7, 11) is 4.20. The van der Waals surface area contributed by atoms with Gasteiger partial charge in [-0.3, -0.25) is 4.99 Å². The summed E-state index contributed by atoms with van der Waals surface area (Å²) in [5.74, 6) is 0.999. The lowest BCUT2D eigenvalue weighted by Crippen LogP contribution is -2.20. The number of nitrogens with one attached hydrogen (secondary N) is 1. The van der Waals surface area contributed by atoms with E-state index >= 15 is 0 Å². The number of allylic oxidation sites excluding steroid dienone is 2. The molecule has 1 N–H and O–H groups in total. The second-order valence-corrected chi connectivity index (χ2v) is 7.89. The number of aliphatic imine (C=N–C) groups is 1. The summed E-state index contributed by atoms with van der Waals surface area (Å²) in [6.07, 6.45) is 5.75. The number of nitrogens with zero attached hydrogens (tertiary/aromatic N) is 2. The highest BCUT2D eigenvalue weighted by molar-refractivity contribution is 6.03. The Morgan fingerprint density at radius 3 is 2.28 bits per heavy atom. The summed E-state index contributed by atoms with van der Waals surface area (Å²) in [5.41, 5.74) is 6.54. The van der Waals surface area contributed by atoms with E-state index in [1.807, 2.05) is 0 Å². The molecular formula is C22H35N3. The first-order valence-electron chi connectivity index (χ1n) is 9.68. The summed E-state index contributed by atoms with van der Waals surface area (Å²) < 4.78 is 0. The Kier molecular flexibility index (Phi) is 7.24. The molecule has 0 radical (unpaired) electrons. The second-order valence-electron chi connectivity index (χ2n) is 7.89. The highest BCUT2D eigenvalue weighted by atomic mass is 15.1. The van der Waals surface area contributed by atoms with E-state index in [1.165, 1.54) is 34.6 Å². The third-order valence-electron chi connectivity index (χ3n) is 4.76. The SMILES string of the molecule is CC(C)c1cccc(C(C)C)c1NC1=CCCC/C1=N\CCN(C)C. The molecular weight excluding hydrogens is 306 g/mol. The predicted molar refractivity (Wildman–Crippen MR) is 111 cm³/mol. The lowest BCUT2D eigenvalue weighted by atomic mass is 9.92. The van der Waals surface area contributed by atoms with Gasteiger partial charge in [-0.15, -0.1) is 0 Å². The molecule has 0 heterocycles. The summed E-state index contributed by atoms with van der Waals surface area (Å²) in [6.45, 7) is 10.9. The van der Waals surface area contributed by atoms with Gasteiger partial charge in [0.15, 0.2) is 0 Å². The van der Waals surface area contributed by atoms with E-state index in [9.17, 15) is 0 Å². The van der Waals surface area contributed by atoms with Crippen LogP contribution in [-0.4, -0.2) is 37.8 Å². The van der Waals surface area contributed by atoms with Crippen molar-refractivity contribution in [1.82, 2.24) is 4.90 Å². The molecule has 1 aromatic rings. The van der Waals surface area contributed by atoms with Gasteiger partial charge in [-0.05, 0) is 56.3 Å². The van der Waals surface area contributed by atoms with Crippen LogP contribution in [0.2, 0.25) is 0 Å². The number of hydrogen-bond acceptors (Lipinski definition) is 3. The number of rotatable bonds is 7. The molecule has 0 aromatic heterocycles. The van der Waals surface area contributed by atoms with Crippen LogP contribution in [0.1, 0.15) is 69.9 Å². The van der Waals surface area contributed by atoms with Crippen LogP contribution in [0.5, 0.6) is 0 Å². The van der Waals surface area contributed by atoms with E-state index in [1.54, 1.807) is 0 Å². The first kappa shape index (κ1) is 19.7. The highest BCUT2D eigenvalue weighted by Crippen LogP contribution is 2.34. The van der Waals surface area contributed by atoms with Crippen LogP contribution in [0, 0.1) is 0 Å². The van der Waals surface area contributed by atoms with Crippen molar-refractivity contribution < 1.29 is 0 Å². The standard InChI is InChI=1S/C22H35N3/c1-16(2)18-10-9-11-19(17(3)4)22(18)24-21-13-8-7-12-20(21)23-14-15-25(5)6/h9-11,13,16-17,24H,7-8,12,14-15H2,1-6H3/b23-20+. The predicted octanol–water partition coefficient (Wildman–Crippen LogP) is 5.42. The van der Waals surface area contributed by atoms with Gasteiger partial charge in [0.25, 0.3) is 0 Å². The normalized spacial score (nSPS) is 16.8. The van der Waals surface area contributed by atoms with Crippen molar-refractivity contribution in [3.63, 3.8) is 0 Å². The molecule has 1 aromatic carbocycles. The third kappa shape index (κ3) is 5.43. The van der Waals surface area contributed by atoms with Crippen LogP contribution in [0.3, 0.4) is 0 Å². The lowest BCUT2D eigenvalue weighted by Gasteiger charge is -2.24. The Labute approximate surface area is 154 Å². The molecule has 0 atom stereocenters. The van der Waals surface area contributed by atoms with Gasteiger partial charge in [0, 0.05) is 12.2 Å². The minimum Gasteiger partial charge on any atom is -0.354 e. The first-order valence-corrected chi connectivity index (χ1v) is 9.68. The minimum atomic E-state index is 0.500. The molecule has 0 fully saturated rings. The fraction of sp³-hybridized carbons (Fsp3) is 0.591. The van der Waals surface area contributed by atoms with Crippen LogP contribution in [0.25, 0.3) is 0 Å². The number of anilines is 1. The van der Waals surface area contributed by atoms with Crippen LogP contribution in [-0.2, 0) is 0 Å². The van der Waals surface area contributed by atoms with E-state index in [0.717, 1.165) is 25.9 Å². The molecule has 0 unspecified atom stereocenters. The number of likely N-dealkylation sites (N-methyl/N-ethyl adjacent to an activating group) is 1. The van der Waals surface area contributed by atoms with Crippen LogP contribution < -0.4 is 5.32 Å². The molecule has 0 bridgehead atoms. The van der Waals surface area contributed by atoms with Crippen molar-refractivity contribution >= 4 is 11.4 Å². The van der Waals surface area contributed by atoms with Crippen LogP contribution in [0.15, 0.2) is 35.0 Å². The summed E-state index contributed by atoms with van der Waals surface area (Å²) in [4.78, 5) is 7.08. The topological polar surface area (TPSA) is 27.6 Å². The number of benzene rings is 1. The van der Waals surface area contributed by atoms with Gasteiger partial charge in [0.2, 0.25) is 0 Å². The number of hydrogen-bond donors (Lipinski definition) is 1. The molecule has 25 heavy (non-hydrogen) atoms. The zero-order valence-corrected chi connectivity index (χ0v) is 16.9. The molecule has 0 saturated heterocycles. The average Bonchev–Trinajstić information content (AvgIpc) is 2.55. The van der Waals surface area contributed by atoms with Crippen molar-refractivity contribution in [2.24, 2.45) is 4.99 Å². The maximum absolute atomic E-state index is 4.89. The molecule has 1 aliphatic carbocycles. The monoisotopic (exact) mass is 341 g/mol. The van der Waals surface area contributed by atoms with Crippen LogP contribution in [0.4, 0.5) is 5.69 Å². The maximum Gasteiger partial charge on any atom is 0.0580 e. The Morgan fingerprint density at radius 1 is 1.08 bits per heavy atom. The number of para-hydroxylation sites is 1. The molecule has 0 spiro atoms. The largest absolute Gasteiger partial charge is 0.354 e. The molecule has 3 heteroatoms. The smallest absolute Gasteiger partial charge is 0.0580 e. The lowest BCUT2D eigenvalue weighted by molar-refractivity contribution is 0.420. The van der Waals surface area contributed by atoms with Crippen molar-refractivity contribution in [3.8, 4) is 0 Å². The molecule has 0 saturated carbocycles. The van der Waals surface area contributed by atoms with E-state index in [-0.39, 0.29) is 0 Å². The fourth-order valence-corrected chi connectivity index (χ4v) is 3.27. The Balaban J connectivity index is 2.31. The Bertz CT molecular complexity index is 598. The van der Waals surface area contributed by atoms with Gasteiger partial charge >= 0.3 is 0 Å². The van der Waals surface area contributed by atoms with E-state index < -0.39 is 0 Å². The molecule has 0 aliphatic heterocycles. The van der Waals surface area contributed by atoms with Gasteiger partial charge < -0.3 is 10.2 Å². The Morgan fingerprint density at radius 2 is 1.72 bits per heavy atom. The summed E-state index contributed by atoms with van der Waals surface area (Å²) >= 11 is 0. The van der Waals surface area contributed by atoms with E-state index in [4.69, 9.17) is 4.99 Å². The highest BCUT2D eigenvalue weighted by Gasteiger charge is 2.18. The van der Waals surface area contributed by atoms with Crippen molar-refractivity contribution in [2.45, 2.75) is 58.8 Å². The van der Waals surface area contributed by atoms with Gasteiger partial charge in [0.1, 0.15) is 0 Å². The molecule has 3 nitrogen and oxygen atoms in total. The van der Waals surface area contributed by atoms with Crippen molar-refractivity contribution in [3.05, 3.63) is 41.1 Å². The minimum absolute atomic E-state index is 0.500. The van der Waals surface area contributed by atoms with Gasteiger partial charge in [0.05, 0.1) is 18.0 Å². The second kappa shape index (κ2) is 9.19. The summed E-state index contributed by atoms with van der Waals surface area (Å²) in [5, 5.41) is 3.79. The van der Waals surface area contributed by atoms with E-state index in [2.05, 4.69) is 76.3 Å². The maximum atomic E-state index is 4.89. The molecule has 2 rings (SSSR count).